The number of benzene rings is 1. The molecular formula is C12H14ClNO4. The Labute approximate surface area is 109 Å². The summed E-state index contributed by atoms with van der Waals surface area (Å²) in [5, 5.41) is 20.4. The SMILES string of the molecule is O=[N+]([O-])c1ccc(O[C@H]2CCCC[C@@H]2O)cc1Cl. The topological polar surface area (TPSA) is 72.6 Å². The zero-order valence-electron chi connectivity index (χ0n) is 9.71. The highest BCUT2D eigenvalue weighted by atomic mass is 35.5. The molecule has 6 heteroatoms. The minimum Gasteiger partial charge on any atom is -0.488 e. The summed E-state index contributed by atoms with van der Waals surface area (Å²) < 4.78 is 5.63. The van der Waals surface area contributed by atoms with Gasteiger partial charge < -0.3 is 9.84 Å². The third kappa shape index (κ3) is 2.91. The van der Waals surface area contributed by atoms with Crippen molar-refractivity contribution >= 4 is 17.3 Å². The number of hydrogen-bond donors (Lipinski definition) is 1. The van der Waals surface area contributed by atoms with Crippen LogP contribution in [0.1, 0.15) is 25.7 Å². The fourth-order valence-electron chi connectivity index (χ4n) is 2.10. The summed E-state index contributed by atoms with van der Waals surface area (Å²) in [5.74, 6) is 0.455. The lowest BCUT2D eigenvalue weighted by Crippen LogP contribution is -2.34. The van der Waals surface area contributed by atoms with Crippen LogP contribution in [0.3, 0.4) is 0 Å². The number of nitro benzene ring substituents is 1. The van der Waals surface area contributed by atoms with Gasteiger partial charge in [-0.05, 0) is 25.3 Å². The van der Waals surface area contributed by atoms with E-state index < -0.39 is 11.0 Å². The van der Waals surface area contributed by atoms with E-state index in [4.69, 9.17) is 16.3 Å². The Morgan fingerprint density at radius 2 is 2.11 bits per heavy atom. The van der Waals surface area contributed by atoms with Crippen molar-refractivity contribution in [1.29, 1.82) is 0 Å². The average Bonchev–Trinajstić information content (AvgIpc) is 2.32. The van der Waals surface area contributed by atoms with Crippen molar-refractivity contribution in [2.24, 2.45) is 0 Å². The Hall–Kier alpha value is -1.33. The van der Waals surface area contributed by atoms with E-state index in [1.165, 1.54) is 18.2 Å². The van der Waals surface area contributed by atoms with Crippen molar-refractivity contribution in [3.05, 3.63) is 33.3 Å². The molecule has 1 N–H and O–H groups in total. The molecule has 2 rings (SSSR count). The molecule has 1 aliphatic rings. The van der Waals surface area contributed by atoms with Crippen LogP contribution in [0, 0.1) is 10.1 Å². The highest BCUT2D eigenvalue weighted by Gasteiger charge is 2.25. The first kappa shape index (κ1) is 13.1. The number of halogens is 1. The molecule has 1 aromatic carbocycles. The van der Waals surface area contributed by atoms with Gasteiger partial charge in [0, 0.05) is 12.1 Å². The van der Waals surface area contributed by atoms with Gasteiger partial charge in [0.1, 0.15) is 16.9 Å². The summed E-state index contributed by atoms with van der Waals surface area (Å²) in [7, 11) is 0. The second-order valence-electron chi connectivity index (χ2n) is 4.38. The lowest BCUT2D eigenvalue weighted by atomic mass is 9.95. The predicted octanol–water partition coefficient (Wildman–Crippen LogP) is 2.93. The monoisotopic (exact) mass is 271 g/mol. The van der Waals surface area contributed by atoms with Gasteiger partial charge in [-0.1, -0.05) is 18.0 Å². The van der Waals surface area contributed by atoms with E-state index >= 15 is 0 Å². The van der Waals surface area contributed by atoms with Gasteiger partial charge in [-0.3, -0.25) is 10.1 Å². The van der Waals surface area contributed by atoms with Gasteiger partial charge in [0.05, 0.1) is 11.0 Å². The summed E-state index contributed by atoms with van der Waals surface area (Å²) in [6, 6.07) is 4.24. The first-order chi connectivity index (χ1) is 8.58. The van der Waals surface area contributed by atoms with Gasteiger partial charge in [0.25, 0.3) is 5.69 Å². The Bertz CT molecular complexity index is 452. The second kappa shape index (κ2) is 5.54. The van der Waals surface area contributed by atoms with Gasteiger partial charge in [-0.15, -0.1) is 0 Å². The fraction of sp³-hybridized carbons (Fsp3) is 0.500. The molecule has 0 amide bonds. The van der Waals surface area contributed by atoms with Crippen LogP contribution in [-0.2, 0) is 0 Å². The first-order valence-corrected chi connectivity index (χ1v) is 6.24. The standard InChI is InChI=1S/C12H14ClNO4/c13-9-7-8(5-6-10(9)14(16)17)18-12-4-2-1-3-11(12)15/h5-7,11-12,15H,1-4H2/t11-,12-/m0/s1. The van der Waals surface area contributed by atoms with Crippen LogP contribution in [0.15, 0.2) is 18.2 Å². The number of hydrogen-bond acceptors (Lipinski definition) is 4. The third-order valence-corrected chi connectivity index (χ3v) is 3.37. The van der Waals surface area contributed by atoms with Crippen LogP contribution in [0.4, 0.5) is 5.69 Å². The molecule has 0 aromatic heterocycles. The van der Waals surface area contributed by atoms with Gasteiger partial charge in [-0.2, -0.15) is 0 Å². The van der Waals surface area contributed by atoms with Crippen molar-refractivity contribution in [3.8, 4) is 5.75 Å². The molecule has 18 heavy (non-hydrogen) atoms. The van der Waals surface area contributed by atoms with Gasteiger partial charge in [-0.25, -0.2) is 0 Å². The van der Waals surface area contributed by atoms with Crippen molar-refractivity contribution in [3.63, 3.8) is 0 Å². The summed E-state index contributed by atoms with van der Waals surface area (Å²) in [6.45, 7) is 0. The van der Waals surface area contributed by atoms with Crippen LogP contribution in [0.2, 0.25) is 5.02 Å². The van der Waals surface area contributed by atoms with E-state index in [2.05, 4.69) is 0 Å². The normalized spacial score (nSPS) is 23.7. The molecule has 0 radical (unpaired) electrons. The van der Waals surface area contributed by atoms with Crippen LogP contribution in [0.5, 0.6) is 5.75 Å². The summed E-state index contributed by atoms with van der Waals surface area (Å²) in [6.07, 6.45) is 2.80. The van der Waals surface area contributed by atoms with Crippen LogP contribution in [-0.4, -0.2) is 22.2 Å². The van der Waals surface area contributed by atoms with E-state index in [9.17, 15) is 15.2 Å². The Morgan fingerprint density at radius 3 is 2.72 bits per heavy atom. The maximum absolute atomic E-state index is 10.6. The Morgan fingerprint density at radius 1 is 1.39 bits per heavy atom. The number of nitro groups is 1. The lowest BCUT2D eigenvalue weighted by molar-refractivity contribution is -0.384. The Balaban J connectivity index is 2.10. The molecule has 5 nitrogen and oxygen atoms in total. The number of aliphatic hydroxyl groups is 1. The quantitative estimate of drug-likeness (QED) is 0.678. The van der Waals surface area contributed by atoms with Crippen molar-refractivity contribution in [1.82, 2.24) is 0 Å². The Kier molecular flexibility index (Phi) is 4.04. The van der Waals surface area contributed by atoms with E-state index in [-0.39, 0.29) is 16.8 Å². The molecular weight excluding hydrogens is 258 g/mol. The smallest absolute Gasteiger partial charge is 0.288 e. The van der Waals surface area contributed by atoms with Crippen LogP contribution >= 0.6 is 11.6 Å². The van der Waals surface area contributed by atoms with Crippen molar-refractivity contribution < 1.29 is 14.8 Å². The molecule has 1 fully saturated rings. The van der Waals surface area contributed by atoms with E-state index in [0.717, 1.165) is 25.7 Å². The molecule has 0 aliphatic heterocycles. The molecule has 98 valence electrons. The molecule has 0 saturated heterocycles. The maximum atomic E-state index is 10.6. The highest BCUT2D eigenvalue weighted by molar-refractivity contribution is 6.32. The summed E-state index contributed by atoms with van der Waals surface area (Å²) in [5.41, 5.74) is -0.145. The third-order valence-electron chi connectivity index (χ3n) is 3.07. The number of aliphatic hydroxyl groups excluding tert-OH is 1. The molecule has 0 heterocycles. The fourth-order valence-corrected chi connectivity index (χ4v) is 2.34. The van der Waals surface area contributed by atoms with E-state index in [1.54, 1.807) is 0 Å². The van der Waals surface area contributed by atoms with Crippen LogP contribution < -0.4 is 4.74 Å². The second-order valence-corrected chi connectivity index (χ2v) is 4.79. The predicted molar refractivity (Wildman–Crippen MR) is 67.0 cm³/mol. The van der Waals surface area contributed by atoms with Gasteiger partial charge in [0.15, 0.2) is 0 Å². The minimum absolute atomic E-state index is 0.0443. The first-order valence-electron chi connectivity index (χ1n) is 5.86. The molecule has 0 unspecified atom stereocenters. The highest BCUT2D eigenvalue weighted by Crippen LogP contribution is 2.30. The van der Waals surface area contributed by atoms with Crippen LogP contribution in [0.25, 0.3) is 0 Å². The van der Waals surface area contributed by atoms with E-state index in [1.807, 2.05) is 0 Å². The number of nitrogens with zero attached hydrogens (tertiary/aromatic N) is 1. The summed E-state index contributed by atoms with van der Waals surface area (Å²) in [4.78, 5) is 10.1. The van der Waals surface area contributed by atoms with Gasteiger partial charge in [0.2, 0.25) is 0 Å². The minimum atomic E-state index is -0.540. The lowest BCUT2D eigenvalue weighted by Gasteiger charge is -2.28. The van der Waals surface area contributed by atoms with Crippen molar-refractivity contribution in [2.75, 3.05) is 0 Å². The summed E-state index contributed by atoms with van der Waals surface area (Å²) >= 11 is 5.79. The molecule has 1 aromatic rings. The molecule has 1 aliphatic carbocycles. The van der Waals surface area contributed by atoms with Crippen molar-refractivity contribution in [2.45, 2.75) is 37.9 Å². The van der Waals surface area contributed by atoms with Gasteiger partial charge >= 0.3 is 0 Å². The zero-order valence-corrected chi connectivity index (χ0v) is 10.5. The number of ether oxygens (including phenoxy) is 1. The largest absolute Gasteiger partial charge is 0.488 e. The zero-order chi connectivity index (χ0) is 13.1. The average molecular weight is 272 g/mol. The van der Waals surface area contributed by atoms with E-state index in [0.29, 0.717) is 5.75 Å². The molecule has 0 bridgehead atoms. The molecule has 1 saturated carbocycles. The molecule has 2 atom stereocenters. The maximum Gasteiger partial charge on any atom is 0.288 e. The number of rotatable bonds is 3. The molecule has 0 spiro atoms.